The van der Waals surface area contributed by atoms with Crippen molar-refractivity contribution in [3.05, 3.63) is 86.7 Å². The van der Waals surface area contributed by atoms with Crippen molar-refractivity contribution in [2.45, 2.75) is 37.1 Å². The molecule has 2 aliphatic heterocycles. The van der Waals surface area contributed by atoms with Gasteiger partial charge >= 0.3 is 5.69 Å². The number of amides is 2. The fraction of sp³-hybridized carbons (Fsp3) is 0.425. The predicted octanol–water partition coefficient (Wildman–Crippen LogP) is 2.52. The van der Waals surface area contributed by atoms with E-state index in [2.05, 4.69) is 10.2 Å². The largest absolute Gasteiger partial charge is 0.493 e. The van der Waals surface area contributed by atoms with Crippen LogP contribution in [0.25, 0.3) is 17.0 Å². The minimum atomic E-state index is -4.54. The van der Waals surface area contributed by atoms with E-state index in [9.17, 15) is 27.6 Å². The van der Waals surface area contributed by atoms with Crippen LogP contribution >= 0.6 is 0 Å². The maximum atomic E-state index is 14.7. The fourth-order valence-electron chi connectivity index (χ4n) is 7.38. The molecule has 2 aromatic heterocycles. The highest BCUT2D eigenvalue weighted by molar-refractivity contribution is 7.89. The Morgan fingerprint density at radius 1 is 0.912 bits per heavy atom. The maximum Gasteiger partial charge on any atom is 0.330 e. The van der Waals surface area contributed by atoms with Crippen LogP contribution in [-0.2, 0) is 40.3 Å². The smallest absolute Gasteiger partial charge is 0.330 e. The molecular weight excluding hydrogens is 755 g/mol. The zero-order valence-electron chi connectivity index (χ0n) is 32.9. The molecule has 1 unspecified atom stereocenters. The molecule has 1 N–H and O–H groups in total. The van der Waals surface area contributed by atoms with E-state index >= 15 is 0 Å². The Kier molecular flexibility index (Phi) is 12.7. The first-order chi connectivity index (χ1) is 27.4. The molecule has 0 saturated carbocycles. The number of aryl methyl sites for hydroxylation is 1. The van der Waals surface area contributed by atoms with Crippen LogP contribution in [0, 0.1) is 5.92 Å². The van der Waals surface area contributed by atoms with E-state index in [1.54, 1.807) is 12.1 Å². The van der Waals surface area contributed by atoms with E-state index < -0.39 is 26.2 Å². The van der Waals surface area contributed by atoms with Gasteiger partial charge in [0.05, 0.1) is 33.4 Å². The quantitative estimate of drug-likeness (QED) is 0.272. The number of ether oxygens (including phenoxy) is 3. The average Bonchev–Trinajstić information content (AvgIpc) is 3.22. The first-order valence-corrected chi connectivity index (χ1v) is 20.2. The van der Waals surface area contributed by atoms with Crippen LogP contribution in [0.2, 0.25) is 0 Å². The van der Waals surface area contributed by atoms with Gasteiger partial charge in [-0.2, -0.15) is 4.31 Å². The number of sulfonamides is 1. The number of pyridine rings is 1. The van der Waals surface area contributed by atoms with Crippen LogP contribution in [0.5, 0.6) is 17.2 Å². The van der Waals surface area contributed by atoms with E-state index in [1.807, 2.05) is 36.4 Å². The number of nitrogens with zero attached hydrogens (tertiary/aromatic N) is 6. The molecule has 2 amide bonds. The van der Waals surface area contributed by atoms with Crippen LogP contribution in [0.3, 0.4) is 0 Å². The van der Waals surface area contributed by atoms with Crippen LogP contribution in [0.1, 0.15) is 36.8 Å². The highest BCUT2D eigenvalue weighted by Gasteiger charge is 2.33. The van der Waals surface area contributed by atoms with Gasteiger partial charge < -0.3 is 33.9 Å². The monoisotopic (exact) mass is 803 g/mol. The van der Waals surface area contributed by atoms with E-state index in [4.69, 9.17) is 19.2 Å². The van der Waals surface area contributed by atoms with Gasteiger partial charge in [-0.3, -0.25) is 19.0 Å². The van der Waals surface area contributed by atoms with Gasteiger partial charge in [0.15, 0.2) is 16.4 Å². The molecule has 4 heterocycles. The van der Waals surface area contributed by atoms with E-state index in [-0.39, 0.29) is 50.3 Å². The van der Waals surface area contributed by atoms with Gasteiger partial charge in [0.2, 0.25) is 27.6 Å². The lowest BCUT2D eigenvalue weighted by atomic mass is 9.97. The second kappa shape index (κ2) is 17.6. The summed E-state index contributed by atoms with van der Waals surface area (Å²) in [5.74, 6) is 0.998. The second-order valence-corrected chi connectivity index (χ2v) is 16.1. The third-order valence-electron chi connectivity index (χ3n) is 10.4. The second-order valence-electron chi connectivity index (χ2n) is 14.2. The summed E-state index contributed by atoms with van der Waals surface area (Å²) in [6.07, 6.45) is 6.37. The number of nitrogens with one attached hydrogen (secondary N) is 1. The van der Waals surface area contributed by atoms with Gasteiger partial charge in [0.25, 0.3) is 5.56 Å². The molecule has 6 rings (SSSR count). The van der Waals surface area contributed by atoms with Crippen molar-refractivity contribution in [2.24, 2.45) is 20.0 Å². The Bertz CT molecular complexity index is 2400. The summed E-state index contributed by atoms with van der Waals surface area (Å²) in [7, 11) is 2.58. The van der Waals surface area contributed by atoms with Crippen molar-refractivity contribution in [1.82, 2.24) is 28.6 Å². The number of hydrogen-bond acceptors (Lipinski definition) is 11. The van der Waals surface area contributed by atoms with Gasteiger partial charge in [-0.15, -0.1) is 0 Å². The Hall–Kier alpha value is -5.68. The molecule has 0 radical (unpaired) electrons. The molecule has 1 fully saturated rings. The number of anilines is 1. The van der Waals surface area contributed by atoms with Gasteiger partial charge in [-0.25, -0.2) is 18.2 Å². The van der Waals surface area contributed by atoms with Crippen molar-refractivity contribution in [3.8, 4) is 17.2 Å². The summed E-state index contributed by atoms with van der Waals surface area (Å²) in [6.45, 7) is 1.23. The molecule has 304 valence electrons. The molecular formula is C40H49N7O9S. The minimum Gasteiger partial charge on any atom is -0.493 e. The maximum absolute atomic E-state index is 14.7. The number of piperidine rings is 1. The van der Waals surface area contributed by atoms with Gasteiger partial charge in [0, 0.05) is 82.7 Å². The first kappa shape index (κ1) is 41.0. The van der Waals surface area contributed by atoms with E-state index in [0.29, 0.717) is 65.6 Å². The number of benzene rings is 2. The number of methoxy groups -OCH3 is 3. The SMILES string of the molecule is COc1cc2nc3c(cc2c(OC)c1OC)CN(S(=O)(=O)c1cn(C)c(=O)n(C)c1=O)CCCCN(C(=O)C=Cc1ccccc1)CC(=O)NCC1CCCN3C1. The van der Waals surface area contributed by atoms with Crippen LogP contribution < -0.4 is 35.7 Å². The highest BCUT2D eigenvalue weighted by Crippen LogP contribution is 2.44. The van der Waals surface area contributed by atoms with Crippen molar-refractivity contribution >= 4 is 44.6 Å². The molecule has 17 heteroatoms. The first-order valence-electron chi connectivity index (χ1n) is 18.8. The molecule has 0 aliphatic carbocycles. The molecule has 57 heavy (non-hydrogen) atoms. The molecule has 0 spiro atoms. The summed E-state index contributed by atoms with van der Waals surface area (Å²) in [4.78, 5) is 61.0. The highest BCUT2D eigenvalue weighted by atomic mass is 32.2. The van der Waals surface area contributed by atoms with Crippen molar-refractivity contribution in [2.75, 3.05) is 65.5 Å². The lowest BCUT2D eigenvalue weighted by molar-refractivity contribution is -0.132. The van der Waals surface area contributed by atoms with E-state index in [0.717, 1.165) is 33.7 Å². The summed E-state index contributed by atoms with van der Waals surface area (Å²) in [5.41, 5.74) is 0.278. The van der Waals surface area contributed by atoms with Gasteiger partial charge in [-0.1, -0.05) is 30.3 Å². The Labute approximate surface area is 331 Å². The average molecular weight is 804 g/mol. The third kappa shape index (κ3) is 8.83. The van der Waals surface area contributed by atoms with Crippen LogP contribution in [0.15, 0.2) is 69.2 Å². The molecule has 2 aliphatic rings. The zero-order valence-corrected chi connectivity index (χ0v) is 33.7. The van der Waals surface area contributed by atoms with E-state index in [1.165, 1.54) is 50.7 Å². The molecule has 2 aromatic carbocycles. The number of carbonyl (C=O) groups excluding carboxylic acids is 2. The number of fused-ring (bicyclic) bond motifs is 5. The minimum absolute atomic E-state index is 0.0245. The lowest BCUT2D eigenvalue weighted by Gasteiger charge is -2.36. The molecule has 2 bridgehead atoms. The zero-order chi connectivity index (χ0) is 40.9. The van der Waals surface area contributed by atoms with Gasteiger partial charge in [0.1, 0.15) is 5.82 Å². The molecule has 4 aromatic rings. The Morgan fingerprint density at radius 3 is 2.37 bits per heavy atom. The Balaban J connectivity index is 1.46. The molecule has 1 atom stereocenters. The Morgan fingerprint density at radius 2 is 1.65 bits per heavy atom. The predicted molar refractivity (Wildman–Crippen MR) is 215 cm³/mol. The summed E-state index contributed by atoms with van der Waals surface area (Å²) in [5, 5.41) is 3.60. The number of carbonyl (C=O) groups is 2. The fourth-order valence-corrected chi connectivity index (χ4v) is 8.99. The summed E-state index contributed by atoms with van der Waals surface area (Å²) in [6, 6.07) is 12.9. The third-order valence-corrected chi connectivity index (χ3v) is 12.2. The normalized spacial score (nSPS) is 17.6. The molecule has 16 nitrogen and oxygen atoms in total. The van der Waals surface area contributed by atoms with Crippen molar-refractivity contribution in [1.29, 1.82) is 0 Å². The van der Waals surface area contributed by atoms with Crippen molar-refractivity contribution in [3.63, 3.8) is 0 Å². The van der Waals surface area contributed by atoms with Crippen LogP contribution in [0.4, 0.5) is 5.82 Å². The molecule has 1 saturated heterocycles. The number of rotatable bonds is 7. The van der Waals surface area contributed by atoms with Crippen molar-refractivity contribution < 1.29 is 32.2 Å². The topological polar surface area (TPSA) is 175 Å². The lowest BCUT2D eigenvalue weighted by Crippen LogP contribution is -2.46. The summed E-state index contributed by atoms with van der Waals surface area (Å²) < 4.78 is 49.5. The summed E-state index contributed by atoms with van der Waals surface area (Å²) >= 11 is 0. The standard InChI is InChI=1S/C40H49N7O9S/c1-43-25-33(39(50)44(2)40(43)51)57(52,53)47-19-10-9-17-45(35(49)16-15-27-12-7-6-8-13-27)26-34(48)41-22-28-14-11-18-46(23-28)38-29(24-47)20-30-31(42-38)21-32(54-3)37(56-5)36(30)55-4/h6-8,12-13,15-16,20-21,25,28H,9-11,14,17-19,22-24,26H2,1-5H3,(H,41,48). The number of aromatic nitrogens is 3. The van der Waals surface area contributed by atoms with Gasteiger partial charge in [-0.05, 0) is 49.3 Å². The van der Waals surface area contributed by atoms with Crippen LogP contribution in [-0.4, -0.2) is 104 Å². The number of hydrogen-bond donors (Lipinski definition) is 1.